The Labute approximate surface area is 105 Å². The van der Waals surface area contributed by atoms with E-state index in [1.54, 1.807) is 0 Å². The fraction of sp³-hybridized carbons (Fsp3) is 0.929. The zero-order valence-electron chi connectivity index (χ0n) is 11.3. The molecule has 0 radical (unpaired) electrons. The summed E-state index contributed by atoms with van der Waals surface area (Å²) in [5.41, 5.74) is 0. The van der Waals surface area contributed by atoms with Crippen LogP contribution in [-0.4, -0.2) is 25.2 Å². The van der Waals surface area contributed by atoms with Gasteiger partial charge in [-0.25, -0.2) is 0 Å². The van der Waals surface area contributed by atoms with Crippen molar-refractivity contribution in [3.8, 4) is 0 Å². The van der Waals surface area contributed by atoms with Crippen LogP contribution in [0.2, 0.25) is 0 Å². The fourth-order valence-corrected chi connectivity index (χ4v) is 2.58. The van der Waals surface area contributed by atoms with Crippen LogP contribution in [0.5, 0.6) is 0 Å². The van der Waals surface area contributed by atoms with Gasteiger partial charge < -0.3 is 10.1 Å². The van der Waals surface area contributed by atoms with Crippen LogP contribution in [0.1, 0.15) is 58.8 Å². The minimum Gasteiger partial charge on any atom is -0.465 e. The maximum absolute atomic E-state index is 11.8. The second-order valence-corrected chi connectivity index (χ2v) is 5.00. The first-order valence-electron chi connectivity index (χ1n) is 7.18. The van der Waals surface area contributed by atoms with Gasteiger partial charge in [0.15, 0.2) is 0 Å². The van der Waals surface area contributed by atoms with Crippen molar-refractivity contribution in [3.05, 3.63) is 0 Å². The largest absolute Gasteiger partial charge is 0.465 e. The Morgan fingerprint density at radius 2 is 2.00 bits per heavy atom. The van der Waals surface area contributed by atoms with Crippen molar-refractivity contribution in [2.24, 2.45) is 5.92 Å². The number of nitrogens with one attached hydrogen (secondary N) is 1. The lowest BCUT2D eigenvalue weighted by atomic mass is 9.85. The Morgan fingerprint density at radius 3 is 2.59 bits per heavy atom. The second kappa shape index (κ2) is 8.51. The van der Waals surface area contributed by atoms with E-state index in [0.29, 0.717) is 12.5 Å². The van der Waals surface area contributed by atoms with Gasteiger partial charge in [0.05, 0.1) is 6.61 Å². The molecule has 100 valence electrons. The van der Waals surface area contributed by atoms with Crippen molar-refractivity contribution in [2.45, 2.75) is 64.8 Å². The molecule has 3 heteroatoms. The third-order valence-corrected chi connectivity index (χ3v) is 3.51. The number of hydrogen-bond acceptors (Lipinski definition) is 3. The van der Waals surface area contributed by atoms with Gasteiger partial charge in [-0.3, -0.25) is 4.79 Å². The van der Waals surface area contributed by atoms with Crippen LogP contribution in [0, 0.1) is 5.92 Å². The van der Waals surface area contributed by atoms with E-state index < -0.39 is 0 Å². The lowest BCUT2D eigenvalue weighted by Gasteiger charge is -2.26. The van der Waals surface area contributed by atoms with Gasteiger partial charge in [-0.1, -0.05) is 39.0 Å². The average molecular weight is 241 g/mol. The van der Waals surface area contributed by atoms with Gasteiger partial charge in [0.1, 0.15) is 6.04 Å². The third kappa shape index (κ3) is 5.53. The van der Waals surface area contributed by atoms with E-state index in [-0.39, 0.29) is 12.0 Å². The third-order valence-electron chi connectivity index (χ3n) is 3.51. The Kier molecular flexibility index (Phi) is 7.25. The van der Waals surface area contributed by atoms with Crippen LogP contribution in [0.15, 0.2) is 0 Å². The molecule has 17 heavy (non-hydrogen) atoms. The molecule has 0 bridgehead atoms. The van der Waals surface area contributed by atoms with Crippen LogP contribution in [0.25, 0.3) is 0 Å². The normalized spacial score (nSPS) is 18.9. The molecule has 1 aliphatic carbocycles. The SMILES string of the molecule is CCCNC(CC1CCCCC1)C(=O)OCC. The highest BCUT2D eigenvalue weighted by atomic mass is 16.5. The fourth-order valence-electron chi connectivity index (χ4n) is 2.58. The summed E-state index contributed by atoms with van der Waals surface area (Å²) >= 11 is 0. The highest BCUT2D eigenvalue weighted by Gasteiger charge is 2.24. The first kappa shape index (κ1) is 14.5. The van der Waals surface area contributed by atoms with E-state index in [1.807, 2.05) is 6.92 Å². The molecule has 0 spiro atoms. The van der Waals surface area contributed by atoms with Gasteiger partial charge in [0.25, 0.3) is 0 Å². The van der Waals surface area contributed by atoms with E-state index >= 15 is 0 Å². The summed E-state index contributed by atoms with van der Waals surface area (Å²) in [6, 6.07) is -0.0852. The number of hydrogen-bond donors (Lipinski definition) is 1. The summed E-state index contributed by atoms with van der Waals surface area (Å²) < 4.78 is 5.14. The summed E-state index contributed by atoms with van der Waals surface area (Å²) in [5.74, 6) is 0.647. The molecular weight excluding hydrogens is 214 g/mol. The summed E-state index contributed by atoms with van der Waals surface area (Å²) in [6.45, 7) is 5.37. The Bertz CT molecular complexity index is 212. The van der Waals surface area contributed by atoms with Gasteiger partial charge >= 0.3 is 5.97 Å². The second-order valence-electron chi connectivity index (χ2n) is 5.00. The lowest BCUT2D eigenvalue weighted by molar-refractivity contribution is -0.146. The number of esters is 1. The molecule has 1 saturated carbocycles. The molecule has 0 aromatic heterocycles. The molecule has 1 rings (SSSR count). The highest BCUT2D eigenvalue weighted by molar-refractivity contribution is 5.75. The Hall–Kier alpha value is -0.570. The predicted molar refractivity (Wildman–Crippen MR) is 69.9 cm³/mol. The van der Waals surface area contributed by atoms with Gasteiger partial charge in [-0.05, 0) is 32.2 Å². The van der Waals surface area contributed by atoms with Gasteiger partial charge in [0, 0.05) is 0 Å². The minimum absolute atomic E-state index is 0.0634. The van der Waals surface area contributed by atoms with E-state index in [9.17, 15) is 4.79 Å². The summed E-state index contributed by atoms with van der Waals surface area (Å²) in [5, 5.41) is 3.33. The molecule has 0 amide bonds. The molecule has 0 heterocycles. The molecule has 1 fully saturated rings. The van der Waals surface area contributed by atoms with Crippen molar-refractivity contribution in [2.75, 3.05) is 13.2 Å². The minimum atomic E-state index is -0.0852. The van der Waals surface area contributed by atoms with E-state index in [0.717, 1.165) is 19.4 Å². The molecule has 0 aromatic carbocycles. The van der Waals surface area contributed by atoms with Crippen molar-refractivity contribution in [1.29, 1.82) is 0 Å². The zero-order valence-corrected chi connectivity index (χ0v) is 11.3. The standard InChI is InChI=1S/C14H27NO2/c1-3-10-15-13(14(16)17-4-2)11-12-8-6-5-7-9-12/h12-13,15H,3-11H2,1-2H3. The van der Waals surface area contributed by atoms with Crippen LogP contribution >= 0.6 is 0 Å². The van der Waals surface area contributed by atoms with E-state index in [2.05, 4.69) is 12.2 Å². The first-order chi connectivity index (χ1) is 8.27. The molecule has 1 unspecified atom stereocenters. The quantitative estimate of drug-likeness (QED) is 0.697. The Morgan fingerprint density at radius 1 is 1.29 bits per heavy atom. The van der Waals surface area contributed by atoms with Gasteiger partial charge in [-0.15, -0.1) is 0 Å². The summed E-state index contributed by atoms with van der Waals surface area (Å²) in [7, 11) is 0. The number of ether oxygens (including phenoxy) is 1. The van der Waals surface area contributed by atoms with E-state index in [4.69, 9.17) is 4.74 Å². The summed E-state index contributed by atoms with van der Waals surface area (Å²) in [4.78, 5) is 11.8. The van der Waals surface area contributed by atoms with Gasteiger partial charge in [0.2, 0.25) is 0 Å². The van der Waals surface area contributed by atoms with Crippen LogP contribution in [0.3, 0.4) is 0 Å². The average Bonchev–Trinajstić information content (AvgIpc) is 2.36. The van der Waals surface area contributed by atoms with Crippen molar-refractivity contribution in [3.63, 3.8) is 0 Å². The van der Waals surface area contributed by atoms with Gasteiger partial charge in [-0.2, -0.15) is 0 Å². The summed E-state index contributed by atoms with van der Waals surface area (Å²) in [6.07, 6.45) is 8.60. The Balaban J connectivity index is 2.40. The van der Waals surface area contributed by atoms with Crippen LogP contribution in [0.4, 0.5) is 0 Å². The molecule has 1 N–H and O–H groups in total. The molecule has 3 nitrogen and oxygen atoms in total. The first-order valence-corrected chi connectivity index (χ1v) is 7.18. The number of rotatable bonds is 7. The molecule has 0 aliphatic heterocycles. The monoisotopic (exact) mass is 241 g/mol. The molecule has 1 aliphatic rings. The highest BCUT2D eigenvalue weighted by Crippen LogP contribution is 2.27. The van der Waals surface area contributed by atoms with Crippen LogP contribution in [-0.2, 0) is 9.53 Å². The lowest BCUT2D eigenvalue weighted by Crippen LogP contribution is -2.40. The molecular formula is C14H27NO2. The molecule has 0 saturated heterocycles. The van der Waals surface area contributed by atoms with Crippen molar-refractivity contribution >= 4 is 5.97 Å². The topological polar surface area (TPSA) is 38.3 Å². The predicted octanol–water partition coefficient (Wildman–Crippen LogP) is 2.89. The van der Waals surface area contributed by atoms with Crippen LogP contribution < -0.4 is 5.32 Å². The van der Waals surface area contributed by atoms with E-state index in [1.165, 1.54) is 32.1 Å². The van der Waals surface area contributed by atoms with Crippen molar-refractivity contribution < 1.29 is 9.53 Å². The maximum Gasteiger partial charge on any atom is 0.323 e. The molecule has 1 atom stereocenters. The maximum atomic E-state index is 11.8. The zero-order chi connectivity index (χ0) is 12.5. The number of carbonyl (C=O) groups is 1. The smallest absolute Gasteiger partial charge is 0.323 e. The molecule has 0 aromatic rings. The van der Waals surface area contributed by atoms with Crippen molar-refractivity contribution in [1.82, 2.24) is 5.32 Å². The number of carbonyl (C=O) groups excluding carboxylic acids is 1.